The number of amides is 1. The molecule has 0 aliphatic heterocycles. The molecule has 0 saturated carbocycles. The number of primary amides is 1. The second kappa shape index (κ2) is 3.65. The Hall–Kier alpha value is -2.37. The van der Waals surface area contributed by atoms with Gasteiger partial charge in [0, 0.05) is 0 Å². The van der Waals surface area contributed by atoms with Crippen LogP contribution in [0.3, 0.4) is 0 Å². The van der Waals surface area contributed by atoms with E-state index in [2.05, 4.69) is 4.98 Å². The molecule has 0 unspecified atom stereocenters. The molecule has 0 radical (unpaired) electrons. The van der Waals surface area contributed by atoms with E-state index in [1.165, 1.54) is 7.11 Å². The van der Waals surface area contributed by atoms with Crippen LogP contribution in [0, 0.1) is 0 Å². The predicted molar refractivity (Wildman–Crippen MR) is 57.0 cm³/mol. The predicted octanol–water partition coefficient (Wildman–Crippen LogP) is -0.446. The molecule has 0 atom stereocenters. The molecule has 0 fully saturated rings. The number of carbonyl (C=O) groups is 1. The Morgan fingerprint density at radius 1 is 1.44 bits per heavy atom. The van der Waals surface area contributed by atoms with Gasteiger partial charge in [-0.3, -0.25) is 9.59 Å². The van der Waals surface area contributed by atoms with Crippen LogP contribution in [-0.4, -0.2) is 22.7 Å². The summed E-state index contributed by atoms with van der Waals surface area (Å²) in [5.74, 6) is -1.03. The summed E-state index contributed by atoms with van der Waals surface area (Å²) in [6.07, 6.45) is 0. The standard InChI is InChI=1S/C10H9N3O3/c1-16-13-9(8(11)14)12-7-5-3-2-4-6(7)10(13)15/h2-5H,1H3,(H2,11,14). The highest BCUT2D eigenvalue weighted by Crippen LogP contribution is 2.06. The van der Waals surface area contributed by atoms with Gasteiger partial charge in [0.2, 0.25) is 5.82 Å². The Morgan fingerprint density at radius 2 is 2.12 bits per heavy atom. The van der Waals surface area contributed by atoms with Crippen molar-refractivity contribution >= 4 is 16.8 Å². The van der Waals surface area contributed by atoms with Gasteiger partial charge in [0.1, 0.15) is 7.11 Å². The molecule has 1 amide bonds. The maximum absolute atomic E-state index is 11.9. The van der Waals surface area contributed by atoms with Gasteiger partial charge in [0.25, 0.3) is 11.5 Å². The van der Waals surface area contributed by atoms with E-state index in [1.54, 1.807) is 24.3 Å². The van der Waals surface area contributed by atoms with E-state index >= 15 is 0 Å². The minimum atomic E-state index is -0.815. The topological polar surface area (TPSA) is 87.2 Å². The van der Waals surface area contributed by atoms with E-state index in [0.717, 1.165) is 4.73 Å². The maximum Gasteiger partial charge on any atom is 0.294 e. The van der Waals surface area contributed by atoms with Gasteiger partial charge >= 0.3 is 0 Å². The zero-order chi connectivity index (χ0) is 11.7. The molecule has 0 saturated heterocycles. The summed E-state index contributed by atoms with van der Waals surface area (Å²) in [6.45, 7) is 0. The fourth-order valence-corrected chi connectivity index (χ4v) is 1.44. The maximum atomic E-state index is 11.9. The number of aromatic nitrogens is 2. The zero-order valence-electron chi connectivity index (χ0n) is 8.51. The lowest BCUT2D eigenvalue weighted by Crippen LogP contribution is -2.33. The number of carbonyl (C=O) groups excluding carboxylic acids is 1. The molecule has 0 aliphatic carbocycles. The lowest BCUT2D eigenvalue weighted by Gasteiger charge is -2.08. The molecular formula is C10H9N3O3. The highest BCUT2D eigenvalue weighted by Gasteiger charge is 2.14. The van der Waals surface area contributed by atoms with Crippen molar-refractivity contribution in [2.45, 2.75) is 0 Å². The molecule has 0 bridgehead atoms. The molecule has 2 rings (SSSR count). The average molecular weight is 219 g/mol. The van der Waals surface area contributed by atoms with Gasteiger partial charge in [-0.1, -0.05) is 12.1 Å². The smallest absolute Gasteiger partial charge is 0.294 e. The zero-order valence-corrected chi connectivity index (χ0v) is 8.51. The van der Waals surface area contributed by atoms with E-state index < -0.39 is 11.5 Å². The van der Waals surface area contributed by atoms with Crippen LogP contribution in [0.15, 0.2) is 29.1 Å². The number of nitrogens with zero attached hydrogens (tertiary/aromatic N) is 2. The largest absolute Gasteiger partial charge is 0.412 e. The molecule has 1 aromatic carbocycles. The van der Waals surface area contributed by atoms with E-state index in [1.807, 2.05) is 0 Å². The highest BCUT2D eigenvalue weighted by molar-refractivity contribution is 5.91. The average Bonchev–Trinajstić information content (AvgIpc) is 2.29. The third-order valence-electron chi connectivity index (χ3n) is 2.14. The van der Waals surface area contributed by atoms with Crippen molar-refractivity contribution in [2.75, 3.05) is 7.11 Å². The van der Waals surface area contributed by atoms with Crippen molar-refractivity contribution in [1.82, 2.24) is 9.71 Å². The first kappa shape index (κ1) is 10.2. The van der Waals surface area contributed by atoms with Crippen molar-refractivity contribution in [2.24, 2.45) is 5.73 Å². The molecule has 1 aromatic heterocycles. The molecule has 82 valence electrons. The molecular weight excluding hydrogens is 210 g/mol. The first-order valence-electron chi connectivity index (χ1n) is 4.51. The van der Waals surface area contributed by atoms with Gasteiger partial charge in [-0.15, -0.1) is 4.73 Å². The van der Waals surface area contributed by atoms with Crippen LogP contribution >= 0.6 is 0 Å². The lowest BCUT2D eigenvalue weighted by molar-refractivity contribution is 0.0917. The quantitative estimate of drug-likeness (QED) is 0.741. The van der Waals surface area contributed by atoms with Crippen molar-refractivity contribution in [3.05, 3.63) is 40.4 Å². The van der Waals surface area contributed by atoms with Gasteiger partial charge in [-0.05, 0) is 12.1 Å². The van der Waals surface area contributed by atoms with Crippen LogP contribution in [-0.2, 0) is 0 Å². The monoisotopic (exact) mass is 219 g/mol. The second-order valence-electron chi connectivity index (χ2n) is 3.10. The summed E-state index contributed by atoms with van der Waals surface area (Å²) >= 11 is 0. The molecule has 16 heavy (non-hydrogen) atoms. The molecule has 2 aromatic rings. The van der Waals surface area contributed by atoms with Crippen molar-refractivity contribution in [3.8, 4) is 0 Å². The van der Waals surface area contributed by atoms with Crippen molar-refractivity contribution < 1.29 is 9.63 Å². The summed E-state index contributed by atoms with van der Waals surface area (Å²) in [4.78, 5) is 31.7. The normalized spacial score (nSPS) is 10.3. The van der Waals surface area contributed by atoms with Crippen LogP contribution in [0.1, 0.15) is 10.6 Å². The number of benzene rings is 1. The first-order valence-corrected chi connectivity index (χ1v) is 4.51. The summed E-state index contributed by atoms with van der Waals surface area (Å²) in [7, 11) is 1.27. The number of nitrogens with two attached hydrogens (primary N) is 1. The van der Waals surface area contributed by atoms with Crippen LogP contribution in [0.25, 0.3) is 10.9 Å². The number of rotatable bonds is 2. The molecule has 1 heterocycles. The molecule has 0 aliphatic rings. The summed E-state index contributed by atoms with van der Waals surface area (Å²) in [5, 5.41) is 0.370. The van der Waals surface area contributed by atoms with Crippen LogP contribution in [0.4, 0.5) is 0 Å². The SMILES string of the molecule is COn1c(C(N)=O)nc2ccccc2c1=O. The summed E-state index contributed by atoms with van der Waals surface area (Å²) in [6, 6.07) is 6.65. The summed E-state index contributed by atoms with van der Waals surface area (Å²) in [5.41, 5.74) is 5.06. The Labute approximate surface area is 90.2 Å². The third-order valence-corrected chi connectivity index (χ3v) is 2.14. The van der Waals surface area contributed by atoms with Crippen molar-refractivity contribution in [3.63, 3.8) is 0 Å². The van der Waals surface area contributed by atoms with Gasteiger partial charge < -0.3 is 10.6 Å². The van der Waals surface area contributed by atoms with E-state index in [0.29, 0.717) is 10.9 Å². The minimum absolute atomic E-state index is 0.216. The number of hydrogen-bond acceptors (Lipinski definition) is 4. The van der Waals surface area contributed by atoms with Crippen molar-refractivity contribution in [1.29, 1.82) is 0 Å². The molecule has 6 heteroatoms. The number of fused-ring (bicyclic) bond motifs is 1. The highest BCUT2D eigenvalue weighted by atomic mass is 16.7. The Kier molecular flexibility index (Phi) is 2.32. The van der Waals surface area contributed by atoms with Gasteiger partial charge in [0.15, 0.2) is 0 Å². The van der Waals surface area contributed by atoms with Gasteiger partial charge in [0.05, 0.1) is 10.9 Å². The summed E-state index contributed by atoms with van der Waals surface area (Å²) < 4.78 is 0.782. The van der Waals surface area contributed by atoms with Gasteiger partial charge in [-0.25, -0.2) is 4.98 Å². The van der Waals surface area contributed by atoms with E-state index in [-0.39, 0.29) is 5.82 Å². The Morgan fingerprint density at radius 3 is 2.75 bits per heavy atom. The lowest BCUT2D eigenvalue weighted by atomic mass is 10.2. The third kappa shape index (κ3) is 1.40. The first-order chi connectivity index (χ1) is 7.65. The van der Waals surface area contributed by atoms with E-state index in [4.69, 9.17) is 10.6 Å². The van der Waals surface area contributed by atoms with Gasteiger partial charge in [-0.2, -0.15) is 0 Å². The number of hydrogen-bond donors (Lipinski definition) is 1. The number of para-hydroxylation sites is 1. The Balaban J connectivity index is 2.93. The fraction of sp³-hybridized carbons (Fsp3) is 0.100. The fourth-order valence-electron chi connectivity index (χ4n) is 1.44. The van der Waals surface area contributed by atoms with Crippen LogP contribution < -0.4 is 16.1 Å². The van der Waals surface area contributed by atoms with Crippen LogP contribution in [0.5, 0.6) is 0 Å². The molecule has 0 spiro atoms. The minimum Gasteiger partial charge on any atom is -0.412 e. The molecule has 6 nitrogen and oxygen atoms in total. The second-order valence-corrected chi connectivity index (χ2v) is 3.10. The Bertz CT molecular complexity index is 618. The van der Waals surface area contributed by atoms with Crippen LogP contribution in [0.2, 0.25) is 0 Å². The molecule has 2 N–H and O–H groups in total. The van der Waals surface area contributed by atoms with E-state index in [9.17, 15) is 9.59 Å².